The van der Waals surface area contributed by atoms with Gasteiger partial charge in [-0.1, -0.05) is 32.9 Å². The van der Waals surface area contributed by atoms with E-state index in [0.717, 1.165) is 38.2 Å². The lowest BCUT2D eigenvalue weighted by Crippen LogP contribution is -2.48. The molecule has 1 fully saturated rings. The van der Waals surface area contributed by atoms with Crippen molar-refractivity contribution in [2.75, 3.05) is 32.7 Å². The Kier molecular flexibility index (Phi) is 6.13. The number of hydrogen-bond acceptors (Lipinski definition) is 3. The molecular weight excluding hydrogens is 293 g/mol. The van der Waals surface area contributed by atoms with Crippen molar-refractivity contribution in [1.29, 1.82) is 0 Å². The van der Waals surface area contributed by atoms with Crippen molar-refractivity contribution in [1.82, 2.24) is 15.5 Å². The van der Waals surface area contributed by atoms with Crippen molar-refractivity contribution in [3.63, 3.8) is 0 Å². The van der Waals surface area contributed by atoms with Crippen molar-refractivity contribution in [2.45, 2.75) is 33.2 Å². The van der Waals surface area contributed by atoms with E-state index in [0.29, 0.717) is 6.54 Å². The lowest BCUT2D eigenvalue weighted by molar-refractivity contribution is -0.123. The molecule has 1 aromatic carbocycles. The number of piperazine rings is 1. The molecule has 1 aliphatic rings. The third-order valence-electron chi connectivity index (χ3n) is 4.00. The molecule has 1 amide bonds. The predicted molar refractivity (Wildman–Crippen MR) is 90.7 cm³/mol. The molecule has 0 bridgehead atoms. The fourth-order valence-electron chi connectivity index (χ4n) is 2.87. The summed E-state index contributed by atoms with van der Waals surface area (Å²) in [5.74, 6) is -0.221. The first-order valence-electron chi connectivity index (χ1n) is 8.31. The van der Waals surface area contributed by atoms with Gasteiger partial charge in [0.05, 0.1) is 12.6 Å². The molecule has 1 atom stereocenters. The van der Waals surface area contributed by atoms with Crippen LogP contribution < -0.4 is 10.6 Å². The minimum atomic E-state index is -0.254. The van der Waals surface area contributed by atoms with Crippen LogP contribution in [0.2, 0.25) is 0 Å². The summed E-state index contributed by atoms with van der Waals surface area (Å²) in [4.78, 5) is 14.6. The predicted octanol–water partition coefficient (Wildman–Crippen LogP) is 2.32. The Bertz CT molecular complexity index is 504. The van der Waals surface area contributed by atoms with E-state index >= 15 is 0 Å². The zero-order valence-electron chi connectivity index (χ0n) is 14.4. The van der Waals surface area contributed by atoms with Crippen LogP contribution in [0.4, 0.5) is 4.39 Å². The number of nitrogens with zero attached hydrogens (tertiary/aromatic N) is 1. The Hall–Kier alpha value is -1.46. The van der Waals surface area contributed by atoms with Crippen LogP contribution in [-0.2, 0) is 4.79 Å². The minimum absolute atomic E-state index is 0.0328. The maximum absolute atomic E-state index is 13.2. The highest BCUT2D eigenvalue weighted by atomic mass is 19.1. The fraction of sp³-hybridized carbons (Fsp3) is 0.611. The highest BCUT2D eigenvalue weighted by Gasteiger charge is 2.23. The van der Waals surface area contributed by atoms with Crippen LogP contribution in [0, 0.1) is 11.2 Å². The second-order valence-electron chi connectivity index (χ2n) is 7.46. The Morgan fingerprint density at radius 2 is 1.87 bits per heavy atom. The van der Waals surface area contributed by atoms with Gasteiger partial charge < -0.3 is 10.6 Å². The van der Waals surface area contributed by atoms with Gasteiger partial charge in [-0.2, -0.15) is 0 Å². The molecule has 1 saturated heterocycles. The van der Waals surface area contributed by atoms with Gasteiger partial charge in [0.25, 0.3) is 0 Å². The lowest BCUT2D eigenvalue weighted by atomic mass is 9.85. The van der Waals surface area contributed by atoms with Gasteiger partial charge in [-0.25, -0.2) is 4.39 Å². The van der Waals surface area contributed by atoms with Crippen LogP contribution in [0.5, 0.6) is 0 Å². The van der Waals surface area contributed by atoms with Gasteiger partial charge >= 0.3 is 0 Å². The summed E-state index contributed by atoms with van der Waals surface area (Å²) in [7, 11) is 0. The van der Waals surface area contributed by atoms with Crippen LogP contribution in [0.1, 0.15) is 38.8 Å². The molecule has 0 spiro atoms. The maximum atomic E-state index is 13.2. The Labute approximate surface area is 138 Å². The molecule has 1 unspecified atom stereocenters. The summed E-state index contributed by atoms with van der Waals surface area (Å²) < 4.78 is 13.2. The highest BCUT2D eigenvalue weighted by molar-refractivity contribution is 5.78. The largest absolute Gasteiger partial charge is 0.348 e. The number of halogens is 1. The number of benzene rings is 1. The minimum Gasteiger partial charge on any atom is -0.348 e. The van der Waals surface area contributed by atoms with Crippen LogP contribution in [0.25, 0.3) is 0 Å². The number of carbonyl (C=O) groups is 1. The molecule has 128 valence electrons. The molecule has 2 N–H and O–H groups in total. The smallest absolute Gasteiger partial charge is 0.234 e. The van der Waals surface area contributed by atoms with E-state index in [-0.39, 0.29) is 23.2 Å². The summed E-state index contributed by atoms with van der Waals surface area (Å²) in [6.07, 6.45) is 0.811. The summed E-state index contributed by atoms with van der Waals surface area (Å²) in [6.45, 7) is 10.5. The highest BCUT2D eigenvalue weighted by Crippen LogP contribution is 2.29. The lowest BCUT2D eigenvalue weighted by Gasteiger charge is -2.30. The Morgan fingerprint density at radius 3 is 2.43 bits per heavy atom. The molecule has 5 heteroatoms. The van der Waals surface area contributed by atoms with Crippen LogP contribution in [0.15, 0.2) is 24.3 Å². The van der Waals surface area contributed by atoms with Crippen molar-refractivity contribution in [3.8, 4) is 0 Å². The van der Waals surface area contributed by atoms with E-state index in [4.69, 9.17) is 0 Å². The second-order valence-corrected chi connectivity index (χ2v) is 7.46. The van der Waals surface area contributed by atoms with Gasteiger partial charge in [-0.15, -0.1) is 0 Å². The van der Waals surface area contributed by atoms with Crippen LogP contribution in [0.3, 0.4) is 0 Å². The van der Waals surface area contributed by atoms with Gasteiger partial charge in [0.15, 0.2) is 0 Å². The van der Waals surface area contributed by atoms with Crippen molar-refractivity contribution < 1.29 is 9.18 Å². The van der Waals surface area contributed by atoms with E-state index < -0.39 is 0 Å². The van der Waals surface area contributed by atoms with Gasteiger partial charge in [0, 0.05) is 26.2 Å². The number of hydrogen-bond donors (Lipinski definition) is 2. The first-order valence-corrected chi connectivity index (χ1v) is 8.31. The monoisotopic (exact) mass is 321 g/mol. The van der Waals surface area contributed by atoms with E-state index in [1.807, 2.05) is 0 Å². The normalized spacial score (nSPS) is 17.7. The molecule has 0 aromatic heterocycles. The molecule has 1 aromatic rings. The summed E-state index contributed by atoms with van der Waals surface area (Å²) >= 11 is 0. The first kappa shape index (κ1) is 17.9. The number of amides is 1. The molecule has 1 heterocycles. The third-order valence-corrected chi connectivity index (χ3v) is 4.00. The van der Waals surface area contributed by atoms with E-state index in [2.05, 4.69) is 36.3 Å². The summed E-state index contributed by atoms with van der Waals surface area (Å²) in [5.41, 5.74) is 1.02. The Balaban J connectivity index is 2.01. The van der Waals surface area contributed by atoms with Gasteiger partial charge in [-0.3, -0.25) is 9.69 Å². The molecule has 4 nitrogen and oxygen atoms in total. The molecule has 2 rings (SSSR count). The van der Waals surface area contributed by atoms with Crippen molar-refractivity contribution >= 4 is 5.91 Å². The molecule has 0 radical (unpaired) electrons. The zero-order valence-corrected chi connectivity index (χ0v) is 14.4. The first-order chi connectivity index (χ1) is 10.8. The quantitative estimate of drug-likeness (QED) is 0.875. The molecule has 23 heavy (non-hydrogen) atoms. The fourth-order valence-corrected chi connectivity index (χ4v) is 2.87. The topological polar surface area (TPSA) is 44.4 Å². The van der Waals surface area contributed by atoms with E-state index in [9.17, 15) is 9.18 Å². The van der Waals surface area contributed by atoms with Gasteiger partial charge in [0.2, 0.25) is 5.91 Å². The molecule has 0 saturated carbocycles. The second kappa shape index (κ2) is 7.88. The van der Waals surface area contributed by atoms with Crippen LogP contribution in [-0.4, -0.2) is 43.5 Å². The van der Waals surface area contributed by atoms with Gasteiger partial charge in [0.1, 0.15) is 5.82 Å². The van der Waals surface area contributed by atoms with E-state index in [1.54, 1.807) is 12.1 Å². The van der Waals surface area contributed by atoms with Crippen molar-refractivity contribution in [2.24, 2.45) is 5.41 Å². The average Bonchev–Trinajstić information content (AvgIpc) is 2.47. The molecule has 1 aliphatic heterocycles. The molecule has 0 aliphatic carbocycles. The third kappa shape index (κ3) is 6.28. The Morgan fingerprint density at radius 1 is 1.26 bits per heavy atom. The summed E-state index contributed by atoms with van der Waals surface area (Å²) in [5, 5.41) is 6.42. The summed E-state index contributed by atoms with van der Waals surface area (Å²) in [6, 6.07) is 6.33. The van der Waals surface area contributed by atoms with Crippen LogP contribution >= 0.6 is 0 Å². The number of rotatable bonds is 5. The number of nitrogens with one attached hydrogen (secondary N) is 2. The molecular formula is C18H28FN3O. The standard InChI is InChI=1S/C18H28FN3O/c1-18(2,3)12-16(14-4-6-15(19)7-5-14)21-17(23)13-22-10-8-20-9-11-22/h4-7,16,20H,8-13H2,1-3H3,(H,21,23). The average molecular weight is 321 g/mol. The maximum Gasteiger partial charge on any atom is 0.234 e. The van der Waals surface area contributed by atoms with Crippen molar-refractivity contribution in [3.05, 3.63) is 35.6 Å². The van der Waals surface area contributed by atoms with E-state index in [1.165, 1.54) is 12.1 Å². The number of carbonyl (C=O) groups excluding carboxylic acids is 1. The van der Waals surface area contributed by atoms with Gasteiger partial charge in [-0.05, 0) is 29.5 Å². The zero-order chi connectivity index (χ0) is 16.9. The SMILES string of the molecule is CC(C)(C)CC(NC(=O)CN1CCNCC1)c1ccc(F)cc1.